The molecule has 0 unspecified atom stereocenters. The molecular formula is C18H18N2O4. The summed E-state index contributed by atoms with van der Waals surface area (Å²) in [6.45, 7) is 7.37. The van der Waals surface area contributed by atoms with Gasteiger partial charge in [-0.25, -0.2) is 0 Å². The lowest BCUT2D eigenvalue weighted by atomic mass is 9.93. The van der Waals surface area contributed by atoms with Crippen LogP contribution in [0.2, 0.25) is 0 Å². The zero-order chi connectivity index (χ0) is 17.7. The van der Waals surface area contributed by atoms with Crippen molar-refractivity contribution in [3.8, 4) is 0 Å². The van der Waals surface area contributed by atoms with E-state index in [4.69, 9.17) is 0 Å². The number of nitrogens with one attached hydrogen (secondary N) is 2. The Hall–Kier alpha value is -3.02. The fourth-order valence-electron chi connectivity index (χ4n) is 2.35. The summed E-state index contributed by atoms with van der Waals surface area (Å²) in [7, 11) is 0. The maximum atomic E-state index is 12.1. The van der Waals surface area contributed by atoms with Crippen LogP contribution in [0.4, 0.5) is 0 Å². The normalized spacial score (nSPS) is 13.1. The average Bonchev–Trinajstić information content (AvgIpc) is 2.56. The number of carbonyl (C=O) groups is 4. The summed E-state index contributed by atoms with van der Waals surface area (Å²) >= 11 is 0. The molecule has 0 saturated carbocycles. The SMILES string of the molecule is C=CCNC(=O)CCC(=O)Cc1ccc2c(c1)C(=O)C(=C)NC2=O. The van der Waals surface area contributed by atoms with E-state index in [0.29, 0.717) is 12.1 Å². The smallest absolute Gasteiger partial charge is 0.256 e. The van der Waals surface area contributed by atoms with Crippen molar-refractivity contribution in [3.63, 3.8) is 0 Å². The molecular weight excluding hydrogens is 308 g/mol. The molecule has 0 saturated heterocycles. The summed E-state index contributed by atoms with van der Waals surface area (Å²) in [5, 5.41) is 4.99. The predicted octanol–water partition coefficient (Wildman–Crippen LogP) is 1.32. The Labute approximate surface area is 139 Å². The quantitative estimate of drug-likeness (QED) is 0.584. The lowest BCUT2D eigenvalue weighted by molar-refractivity contribution is -0.125. The van der Waals surface area contributed by atoms with Gasteiger partial charge < -0.3 is 10.6 Å². The molecule has 0 atom stereocenters. The van der Waals surface area contributed by atoms with Gasteiger partial charge in [-0.05, 0) is 17.7 Å². The highest BCUT2D eigenvalue weighted by Gasteiger charge is 2.26. The fourth-order valence-corrected chi connectivity index (χ4v) is 2.35. The molecule has 1 aromatic carbocycles. The van der Waals surface area contributed by atoms with E-state index in [2.05, 4.69) is 23.8 Å². The molecule has 6 heteroatoms. The molecule has 2 N–H and O–H groups in total. The summed E-state index contributed by atoms with van der Waals surface area (Å²) < 4.78 is 0. The number of hydrogen-bond donors (Lipinski definition) is 2. The Morgan fingerprint density at radius 1 is 1.17 bits per heavy atom. The number of fused-ring (bicyclic) bond motifs is 1. The van der Waals surface area contributed by atoms with Crippen LogP contribution >= 0.6 is 0 Å². The van der Waals surface area contributed by atoms with Crippen LogP contribution in [-0.4, -0.2) is 29.9 Å². The van der Waals surface area contributed by atoms with Gasteiger partial charge in [0.15, 0.2) is 0 Å². The van der Waals surface area contributed by atoms with Crippen molar-refractivity contribution in [2.24, 2.45) is 0 Å². The number of rotatable bonds is 7. The molecule has 6 nitrogen and oxygen atoms in total. The van der Waals surface area contributed by atoms with Crippen molar-refractivity contribution < 1.29 is 19.2 Å². The van der Waals surface area contributed by atoms with Crippen LogP contribution in [0, 0.1) is 0 Å². The van der Waals surface area contributed by atoms with Crippen LogP contribution < -0.4 is 10.6 Å². The monoisotopic (exact) mass is 326 g/mol. The lowest BCUT2D eigenvalue weighted by Gasteiger charge is -2.17. The van der Waals surface area contributed by atoms with Crippen molar-refractivity contribution in [2.75, 3.05) is 6.54 Å². The lowest BCUT2D eigenvalue weighted by Crippen LogP contribution is -2.34. The van der Waals surface area contributed by atoms with Crippen molar-refractivity contribution in [2.45, 2.75) is 19.3 Å². The average molecular weight is 326 g/mol. The second-order valence-electron chi connectivity index (χ2n) is 5.45. The van der Waals surface area contributed by atoms with E-state index in [0.717, 1.165) is 0 Å². The van der Waals surface area contributed by atoms with Crippen LogP contribution in [0.1, 0.15) is 39.1 Å². The van der Waals surface area contributed by atoms with Gasteiger partial charge >= 0.3 is 0 Å². The number of carbonyl (C=O) groups excluding carboxylic acids is 4. The Morgan fingerprint density at radius 3 is 2.62 bits per heavy atom. The maximum Gasteiger partial charge on any atom is 0.256 e. The summed E-state index contributed by atoms with van der Waals surface area (Å²) in [6.07, 6.45) is 1.88. The molecule has 0 aromatic heterocycles. The van der Waals surface area contributed by atoms with Crippen LogP contribution in [0.15, 0.2) is 43.1 Å². The van der Waals surface area contributed by atoms with Crippen LogP contribution in [0.5, 0.6) is 0 Å². The number of amides is 2. The Balaban J connectivity index is 2.01. The highest BCUT2D eigenvalue weighted by Crippen LogP contribution is 2.20. The van der Waals surface area contributed by atoms with Crippen LogP contribution in [0.25, 0.3) is 0 Å². The fraction of sp³-hybridized carbons (Fsp3) is 0.222. The zero-order valence-electron chi connectivity index (χ0n) is 13.2. The molecule has 0 bridgehead atoms. The molecule has 0 fully saturated rings. The molecule has 0 aliphatic carbocycles. The molecule has 0 radical (unpaired) electrons. The van der Waals surface area contributed by atoms with Gasteiger partial charge in [-0.2, -0.15) is 0 Å². The number of allylic oxidation sites excluding steroid dienone is 1. The Morgan fingerprint density at radius 2 is 1.92 bits per heavy atom. The summed E-state index contributed by atoms with van der Waals surface area (Å²) in [5.74, 6) is -1.07. The molecule has 0 spiro atoms. The first-order valence-electron chi connectivity index (χ1n) is 7.49. The highest BCUT2D eigenvalue weighted by atomic mass is 16.2. The van der Waals surface area contributed by atoms with E-state index >= 15 is 0 Å². The van der Waals surface area contributed by atoms with Crippen LogP contribution in [0.3, 0.4) is 0 Å². The summed E-state index contributed by atoms with van der Waals surface area (Å²) in [4.78, 5) is 47.3. The first-order chi connectivity index (χ1) is 11.4. The molecule has 2 rings (SSSR count). The van der Waals surface area contributed by atoms with E-state index in [9.17, 15) is 19.2 Å². The van der Waals surface area contributed by atoms with Gasteiger partial charge in [-0.1, -0.05) is 18.7 Å². The van der Waals surface area contributed by atoms with E-state index in [1.54, 1.807) is 12.1 Å². The summed E-state index contributed by atoms with van der Waals surface area (Å²) in [6, 6.07) is 4.70. The minimum atomic E-state index is -0.383. The van der Waals surface area contributed by atoms with Crippen molar-refractivity contribution >= 4 is 23.4 Å². The van der Waals surface area contributed by atoms with Crippen LogP contribution in [-0.2, 0) is 16.0 Å². The van der Waals surface area contributed by atoms with E-state index in [1.165, 1.54) is 12.1 Å². The first kappa shape index (κ1) is 17.3. The minimum absolute atomic E-state index is 0.0230. The first-order valence-corrected chi connectivity index (χ1v) is 7.49. The van der Waals surface area contributed by atoms with E-state index < -0.39 is 0 Å². The van der Waals surface area contributed by atoms with Gasteiger partial charge in [0.25, 0.3) is 5.91 Å². The maximum absolute atomic E-state index is 12.1. The van der Waals surface area contributed by atoms with Crippen molar-refractivity contribution in [3.05, 3.63) is 59.8 Å². The second kappa shape index (κ2) is 7.50. The third-order valence-electron chi connectivity index (χ3n) is 3.59. The molecule has 1 aliphatic heterocycles. The molecule has 1 aliphatic rings. The third kappa shape index (κ3) is 4.04. The Kier molecular flexibility index (Phi) is 5.42. The van der Waals surface area contributed by atoms with Gasteiger partial charge in [-0.15, -0.1) is 6.58 Å². The van der Waals surface area contributed by atoms with Gasteiger partial charge in [0.2, 0.25) is 11.7 Å². The Bertz CT molecular complexity index is 749. The minimum Gasteiger partial charge on any atom is -0.353 e. The van der Waals surface area contributed by atoms with E-state index in [1.807, 2.05) is 0 Å². The number of benzene rings is 1. The number of hydrogen-bond acceptors (Lipinski definition) is 4. The van der Waals surface area contributed by atoms with Crippen molar-refractivity contribution in [1.29, 1.82) is 0 Å². The third-order valence-corrected chi connectivity index (χ3v) is 3.59. The predicted molar refractivity (Wildman–Crippen MR) is 88.5 cm³/mol. The van der Waals surface area contributed by atoms with Gasteiger partial charge in [0.05, 0.1) is 11.3 Å². The number of ketones is 2. The molecule has 1 heterocycles. The van der Waals surface area contributed by atoms with Gasteiger partial charge in [0.1, 0.15) is 5.78 Å². The number of Topliss-reactive ketones (excluding diaryl/α,β-unsaturated/α-hetero) is 2. The standard InChI is InChI=1S/C18H18N2O4/c1-3-8-19-16(22)7-5-13(21)9-12-4-6-14-15(10-12)17(23)11(2)20-18(14)24/h3-4,6,10H,1-2,5,7-9H2,(H,19,22)(H,20,24). The van der Waals surface area contributed by atoms with E-state index in [-0.39, 0.29) is 59.5 Å². The zero-order valence-corrected chi connectivity index (χ0v) is 13.2. The topological polar surface area (TPSA) is 92.3 Å². The van der Waals surface area contributed by atoms with Gasteiger partial charge in [-0.3, -0.25) is 19.2 Å². The largest absolute Gasteiger partial charge is 0.353 e. The molecule has 124 valence electrons. The second-order valence-corrected chi connectivity index (χ2v) is 5.45. The van der Waals surface area contributed by atoms with Gasteiger partial charge in [0, 0.05) is 31.4 Å². The van der Waals surface area contributed by atoms with Crippen molar-refractivity contribution in [1.82, 2.24) is 10.6 Å². The molecule has 2 amide bonds. The molecule has 1 aromatic rings. The molecule has 24 heavy (non-hydrogen) atoms. The highest BCUT2D eigenvalue weighted by molar-refractivity contribution is 6.20. The summed E-state index contributed by atoms with van der Waals surface area (Å²) in [5.41, 5.74) is 1.17.